The molecular weight excluding hydrogens is 290 g/mol. The molecule has 1 fully saturated rings. The number of nitrogens with zero attached hydrogens (tertiary/aromatic N) is 1. The molecule has 0 radical (unpaired) electrons. The van der Waals surface area contributed by atoms with Gasteiger partial charge in [0.15, 0.2) is 5.11 Å². The van der Waals surface area contributed by atoms with E-state index in [0.717, 1.165) is 17.7 Å². The zero-order valence-electron chi connectivity index (χ0n) is 13.6. The normalized spacial score (nSPS) is 16.6. The highest BCUT2D eigenvalue weighted by Gasteiger charge is 2.14. The highest BCUT2D eigenvalue weighted by atomic mass is 32.1. The van der Waals surface area contributed by atoms with Gasteiger partial charge in [-0.1, -0.05) is 63.4 Å². The van der Waals surface area contributed by atoms with Crippen LogP contribution in [0.25, 0.3) is 0 Å². The molecule has 0 amide bonds. The minimum atomic E-state index is 0.509. The van der Waals surface area contributed by atoms with Crippen LogP contribution in [0.15, 0.2) is 35.4 Å². The summed E-state index contributed by atoms with van der Waals surface area (Å²) in [6.45, 7) is 4.41. The van der Waals surface area contributed by atoms with Crippen LogP contribution in [0, 0.1) is 5.92 Å². The lowest BCUT2D eigenvalue weighted by molar-refractivity contribution is 0.412. The number of thiocarbonyl (C=S) groups is 1. The van der Waals surface area contributed by atoms with Crippen molar-refractivity contribution >= 4 is 23.0 Å². The van der Waals surface area contributed by atoms with Crippen molar-refractivity contribution in [2.24, 2.45) is 11.0 Å². The first kappa shape index (κ1) is 16.9. The van der Waals surface area contributed by atoms with Crippen LogP contribution in [0.4, 0.5) is 0 Å². The molecule has 0 atom stereocenters. The molecular formula is C18H27N3S. The molecule has 0 aromatic heterocycles. The number of nitrogens with one attached hydrogen (secondary N) is 2. The minimum absolute atomic E-state index is 0.509. The van der Waals surface area contributed by atoms with Crippen LogP contribution in [0.5, 0.6) is 0 Å². The minimum Gasteiger partial charge on any atom is -0.359 e. The van der Waals surface area contributed by atoms with Gasteiger partial charge in [0.25, 0.3) is 0 Å². The molecule has 1 aliphatic carbocycles. The summed E-state index contributed by atoms with van der Waals surface area (Å²) in [7, 11) is 0. The Morgan fingerprint density at radius 2 is 1.86 bits per heavy atom. The van der Waals surface area contributed by atoms with E-state index in [0.29, 0.717) is 17.1 Å². The van der Waals surface area contributed by atoms with Crippen molar-refractivity contribution in [3.8, 4) is 0 Å². The molecule has 4 heteroatoms. The molecule has 0 spiro atoms. The van der Waals surface area contributed by atoms with Crippen molar-refractivity contribution in [2.75, 3.05) is 0 Å². The van der Waals surface area contributed by atoms with E-state index < -0.39 is 0 Å². The molecule has 2 rings (SSSR count). The average molecular weight is 318 g/mol. The third-order valence-corrected chi connectivity index (χ3v) is 4.15. The number of rotatable bonds is 5. The molecule has 0 unspecified atom stereocenters. The molecule has 120 valence electrons. The summed E-state index contributed by atoms with van der Waals surface area (Å²) >= 11 is 5.39. The highest BCUT2D eigenvalue weighted by Crippen LogP contribution is 2.17. The van der Waals surface area contributed by atoms with Gasteiger partial charge in [-0.3, -0.25) is 5.43 Å². The molecule has 1 aliphatic rings. The predicted molar refractivity (Wildman–Crippen MR) is 98.2 cm³/mol. The maximum absolute atomic E-state index is 5.39. The standard InChI is InChI=1S/C18H27N3S/c1-14(2)13-17(15-9-5-3-6-10-15)20-21-18(22)19-16-11-7-4-8-12-16/h3,5-6,9-10,14,16H,4,7-8,11-13H2,1-2H3,(H2,19,21,22)/b20-17+. The van der Waals surface area contributed by atoms with Gasteiger partial charge in [0.05, 0.1) is 5.71 Å². The lowest BCUT2D eigenvalue weighted by atomic mass is 9.96. The third kappa shape index (κ3) is 5.76. The summed E-state index contributed by atoms with van der Waals surface area (Å²) in [6.07, 6.45) is 7.30. The Morgan fingerprint density at radius 3 is 2.50 bits per heavy atom. The smallest absolute Gasteiger partial charge is 0.187 e. The van der Waals surface area contributed by atoms with E-state index in [1.165, 1.54) is 32.1 Å². The lowest BCUT2D eigenvalue weighted by Gasteiger charge is -2.23. The number of hydrogen-bond donors (Lipinski definition) is 2. The van der Waals surface area contributed by atoms with Crippen molar-refractivity contribution in [2.45, 2.75) is 58.4 Å². The van der Waals surface area contributed by atoms with Gasteiger partial charge in [0.2, 0.25) is 0 Å². The monoisotopic (exact) mass is 317 g/mol. The second-order valence-corrected chi connectivity index (χ2v) is 6.85. The summed E-state index contributed by atoms with van der Waals surface area (Å²) in [5.41, 5.74) is 5.26. The van der Waals surface area contributed by atoms with Gasteiger partial charge >= 0.3 is 0 Å². The summed E-state index contributed by atoms with van der Waals surface area (Å²) < 4.78 is 0. The van der Waals surface area contributed by atoms with Crippen LogP contribution >= 0.6 is 12.2 Å². The Morgan fingerprint density at radius 1 is 1.18 bits per heavy atom. The van der Waals surface area contributed by atoms with Crippen molar-refractivity contribution in [3.05, 3.63) is 35.9 Å². The van der Waals surface area contributed by atoms with Gasteiger partial charge in [-0.25, -0.2) is 0 Å². The summed E-state index contributed by atoms with van der Waals surface area (Å²) in [6, 6.07) is 10.8. The maximum Gasteiger partial charge on any atom is 0.187 e. The molecule has 1 aromatic carbocycles. The van der Waals surface area contributed by atoms with Gasteiger partial charge in [-0.2, -0.15) is 5.10 Å². The molecule has 22 heavy (non-hydrogen) atoms. The second kappa shape index (κ2) is 8.89. The fourth-order valence-corrected chi connectivity index (χ4v) is 3.04. The van der Waals surface area contributed by atoms with E-state index in [-0.39, 0.29) is 0 Å². The number of hydrazone groups is 1. The van der Waals surface area contributed by atoms with Crippen LogP contribution in [-0.2, 0) is 0 Å². The molecule has 3 nitrogen and oxygen atoms in total. The van der Waals surface area contributed by atoms with E-state index in [9.17, 15) is 0 Å². The third-order valence-electron chi connectivity index (χ3n) is 3.94. The molecule has 0 saturated heterocycles. The van der Waals surface area contributed by atoms with Crippen LogP contribution in [0.1, 0.15) is 57.9 Å². The maximum atomic E-state index is 5.39. The zero-order valence-corrected chi connectivity index (χ0v) is 14.5. The first-order chi connectivity index (χ1) is 10.6. The Kier molecular flexibility index (Phi) is 6.84. The van der Waals surface area contributed by atoms with E-state index in [4.69, 9.17) is 12.2 Å². The first-order valence-electron chi connectivity index (χ1n) is 8.33. The zero-order chi connectivity index (χ0) is 15.8. The SMILES string of the molecule is CC(C)C/C(=N\NC(=S)NC1CCCCC1)c1ccccc1. The van der Waals surface area contributed by atoms with Crippen LogP contribution in [0.3, 0.4) is 0 Å². The topological polar surface area (TPSA) is 36.4 Å². The summed E-state index contributed by atoms with van der Waals surface area (Å²) in [5, 5.41) is 8.60. The van der Waals surface area contributed by atoms with E-state index >= 15 is 0 Å². The lowest BCUT2D eigenvalue weighted by Crippen LogP contribution is -2.41. The molecule has 0 heterocycles. The molecule has 1 aromatic rings. The summed E-state index contributed by atoms with van der Waals surface area (Å²) in [4.78, 5) is 0. The fraction of sp³-hybridized carbons (Fsp3) is 0.556. The van der Waals surface area contributed by atoms with E-state index in [1.807, 2.05) is 18.2 Å². The number of hydrogen-bond acceptors (Lipinski definition) is 2. The van der Waals surface area contributed by atoms with Gasteiger partial charge in [-0.15, -0.1) is 0 Å². The van der Waals surface area contributed by atoms with Gasteiger partial charge in [0.1, 0.15) is 0 Å². The molecule has 0 bridgehead atoms. The molecule has 0 aliphatic heterocycles. The largest absolute Gasteiger partial charge is 0.359 e. The Labute approximate surface area is 139 Å². The highest BCUT2D eigenvalue weighted by molar-refractivity contribution is 7.80. The van der Waals surface area contributed by atoms with Crippen LogP contribution in [-0.4, -0.2) is 16.9 Å². The van der Waals surface area contributed by atoms with Gasteiger partial charge in [-0.05, 0) is 43.0 Å². The van der Waals surface area contributed by atoms with Crippen molar-refractivity contribution in [1.29, 1.82) is 0 Å². The quantitative estimate of drug-likeness (QED) is 0.484. The fourth-order valence-electron chi connectivity index (χ4n) is 2.83. The van der Waals surface area contributed by atoms with Gasteiger partial charge < -0.3 is 5.32 Å². The Hall–Kier alpha value is -1.42. The Balaban J connectivity index is 1.95. The van der Waals surface area contributed by atoms with Crippen molar-refractivity contribution in [3.63, 3.8) is 0 Å². The first-order valence-corrected chi connectivity index (χ1v) is 8.74. The molecule has 1 saturated carbocycles. The van der Waals surface area contributed by atoms with Crippen LogP contribution < -0.4 is 10.7 Å². The van der Waals surface area contributed by atoms with Crippen molar-refractivity contribution in [1.82, 2.24) is 10.7 Å². The summed E-state index contributed by atoms with van der Waals surface area (Å²) in [5.74, 6) is 0.556. The van der Waals surface area contributed by atoms with Crippen LogP contribution in [0.2, 0.25) is 0 Å². The van der Waals surface area contributed by atoms with E-state index in [1.54, 1.807) is 0 Å². The predicted octanol–water partition coefficient (Wildman–Crippen LogP) is 4.23. The second-order valence-electron chi connectivity index (χ2n) is 6.44. The number of benzene rings is 1. The molecule has 2 N–H and O–H groups in total. The van der Waals surface area contributed by atoms with E-state index in [2.05, 4.69) is 41.8 Å². The Bertz CT molecular complexity index is 490. The van der Waals surface area contributed by atoms with Crippen molar-refractivity contribution < 1.29 is 0 Å². The average Bonchev–Trinajstić information content (AvgIpc) is 2.53. The van der Waals surface area contributed by atoms with Gasteiger partial charge in [0, 0.05) is 6.04 Å².